The summed E-state index contributed by atoms with van der Waals surface area (Å²) >= 11 is 5.88. The van der Waals surface area contributed by atoms with Gasteiger partial charge in [-0.05, 0) is 13.8 Å². The van der Waals surface area contributed by atoms with E-state index in [0.717, 1.165) is 0 Å². The Morgan fingerprint density at radius 2 is 2.24 bits per heavy atom. The standard InChI is InChI=1S/C11H18ClN3O2/c1-4-17-8(2)6-13-10-5-9(12)14-11(15-10)7-16-3/h5,8H,4,6-7H2,1-3H3,(H,13,14,15). The summed E-state index contributed by atoms with van der Waals surface area (Å²) in [5.74, 6) is 1.25. The van der Waals surface area contributed by atoms with Crippen LogP contribution in [0.3, 0.4) is 0 Å². The highest BCUT2D eigenvalue weighted by Crippen LogP contribution is 2.12. The third-order valence-electron chi connectivity index (χ3n) is 2.04. The van der Waals surface area contributed by atoms with Crippen molar-refractivity contribution in [1.29, 1.82) is 0 Å². The van der Waals surface area contributed by atoms with Gasteiger partial charge in [-0.25, -0.2) is 9.97 Å². The molecule has 1 aromatic heterocycles. The fraction of sp³-hybridized carbons (Fsp3) is 0.636. The smallest absolute Gasteiger partial charge is 0.158 e. The van der Waals surface area contributed by atoms with E-state index in [2.05, 4.69) is 15.3 Å². The van der Waals surface area contributed by atoms with E-state index >= 15 is 0 Å². The average molecular weight is 260 g/mol. The Labute approximate surface area is 107 Å². The Kier molecular flexibility index (Phi) is 6.18. The molecule has 1 aromatic rings. The van der Waals surface area contributed by atoms with Crippen molar-refractivity contribution in [2.45, 2.75) is 26.6 Å². The van der Waals surface area contributed by atoms with Crippen LogP contribution in [-0.2, 0) is 16.1 Å². The van der Waals surface area contributed by atoms with E-state index < -0.39 is 0 Å². The summed E-state index contributed by atoms with van der Waals surface area (Å²) in [7, 11) is 1.59. The van der Waals surface area contributed by atoms with Crippen molar-refractivity contribution in [3.63, 3.8) is 0 Å². The van der Waals surface area contributed by atoms with Gasteiger partial charge in [0.15, 0.2) is 5.82 Å². The molecule has 0 aliphatic carbocycles. The van der Waals surface area contributed by atoms with Crippen LogP contribution in [0.5, 0.6) is 0 Å². The van der Waals surface area contributed by atoms with Gasteiger partial charge in [-0.2, -0.15) is 0 Å². The van der Waals surface area contributed by atoms with Crippen LogP contribution in [0.4, 0.5) is 5.82 Å². The summed E-state index contributed by atoms with van der Waals surface area (Å²) in [6.45, 7) is 5.68. The third-order valence-corrected chi connectivity index (χ3v) is 2.23. The maximum absolute atomic E-state index is 5.88. The highest BCUT2D eigenvalue weighted by molar-refractivity contribution is 6.29. The Hall–Kier alpha value is -0.910. The zero-order valence-electron chi connectivity index (χ0n) is 10.4. The number of hydrogen-bond acceptors (Lipinski definition) is 5. The summed E-state index contributed by atoms with van der Waals surface area (Å²) < 4.78 is 10.4. The molecule has 6 heteroatoms. The van der Waals surface area contributed by atoms with Crippen molar-refractivity contribution in [3.05, 3.63) is 17.0 Å². The zero-order chi connectivity index (χ0) is 12.7. The minimum absolute atomic E-state index is 0.125. The van der Waals surface area contributed by atoms with Gasteiger partial charge in [-0.1, -0.05) is 11.6 Å². The molecular weight excluding hydrogens is 242 g/mol. The van der Waals surface area contributed by atoms with Crippen molar-refractivity contribution >= 4 is 17.4 Å². The molecule has 0 aromatic carbocycles. The SMILES string of the molecule is CCOC(C)CNc1cc(Cl)nc(COC)n1. The summed E-state index contributed by atoms with van der Waals surface area (Å²) in [6, 6.07) is 1.68. The van der Waals surface area contributed by atoms with Crippen molar-refractivity contribution in [2.75, 3.05) is 25.6 Å². The number of anilines is 1. The minimum Gasteiger partial charge on any atom is -0.377 e. The monoisotopic (exact) mass is 259 g/mol. The van der Waals surface area contributed by atoms with E-state index in [-0.39, 0.29) is 6.10 Å². The number of ether oxygens (including phenoxy) is 2. The fourth-order valence-corrected chi connectivity index (χ4v) is 1.54. The highest BCUT2D eigenvalue weighted by Gasteiger charge is 2.05. The maximum Gasteiger partial charge on any atom is 0.158 e. The number of nitrogens with one attached hydrogen (secondary N) is 1. The van der Waals surface area contributed by atoms with Crippen molar-refractivity contribution in [3.8, 4) is 0 Å². The molecule has 5 nitrogen and oxygen atoms in total. The molecule has 0 spiro atoms. The second-order valence-electron chi connectivity index (χ2n) is 3.57. The van der Waals surface area contributed by atoms with E-state index in [4.69, 9.17) is 21.1 Å². The lowest BCUT2D eigenvalue weighted by Crippen LogP contribution is -2.20. The predicted octanol–water partition coefficient (Wildman–Crippen LogP) is 2.11. The van der Waals surface area contributed by atoms with E-state index in [0.29, 0.717) is 36.6 Å². The number of methoxy groups -OCH3 is 1. The molecule has 0 saturated heterocycles. The van der Waals surface area contributed by atoms with Gasteiger partial charge in [0.2, 0.25) is 0 Å². The van der Waals surface area contributed by atoms with Crippen LogP contribution in [0.15, 0.2) is 6.07 Å². The molecule has 0 radical (unpaired) electrons. The largest absolute Gasteiger partial charge is 0.377 e. The lowest BCUT2D eigenvalue weighted by molar-refractivity contribution is 0.0854. The van der Waals surface area contributed by atoms with E-state index in [1.165, 1.54) is 0 Å². The van der Waals surface area contributed by atoms with Crippen LogP contribution in [0.2, 0.25) is 5.15 Å². The quantitative estimate of drug-likeness (QED) is 0.760. The molecule has 1 rings (SSSR count). The lowest BCUT2D eigenvalue weighted by atomic mass is 10.4. The minimum atomic E-state index is 0.125. The number of nitrogens with zero attached hydrogens (tertiary/aromatic N) is 2. The number of halogens is 1. The molecule has 1 atom stereocenters. The molecule has 1 N–H and O–H groups in total. The molecule has 0 fully saturated rings. The van der Waals surface area contributed by atoms with Crippen molar-refractivity contribution in [1.82, 2.24) is 9.97 Å². The van der Waals surface area contributed by atoms with E-state index in [1.807, 2.05) is 13.8 Å². The van der Waals surface area contributed by atoms with Gasteiger partial charge in [0.25, 0.3) is 0 Å². The summed E-state index contributed by atoms with van der Waals surface area (Å²) in [4.78, 5) is 8.31. The molecular formula is C11H18ClN3O2. The first-order valence-electron chi connectivity index (χ1n) is 5.53. The van der Waals surface area contributed by atoms with Gasteiger partial charge >= 0.3 is 0 Å². The van der Waals surface area contributed by atoms with Crippen LogP contribution in [0.25, 0.3) is 0 Å². The molecule has 96 valence electrons. The van der Waals surface area contributed by atoms with Gasteiger partial charge in [0, 0.05) is 26.3 Å². The normalized spacial score (nSPS) is 12.5. The van der Waals surface area contributed by atoms with Crippen LogP contribution in [-0.4, -0.2) is 36.3 Å². The first kappa shape index (κ1) is 14.2. The van der Waals surface area contributed by atoms with Gasteiger partial charge in [-0.3, -0.25) is 0 Å². The zero-order valence-corrected chi connectivity index (χ0v) is 11.1. The summed E-state index contributed by atoms with van der Waals surface area (Å²) in [6.07, 6.45) is 0.125. The molecule has 0 saturated carbocycles. The van der Waals surface area contributed by atoms with Gasteiger partial charge in [-0.15, -0.1) is 0 Å². The maximum atomic E-state index is 5.88. The summed E-state index contributed by atoms with van der Waals surface area (Å²) in [5, 5.41) is 3.55. The van der Waals surface area contributed by atoms with Crippen LogP contribution >= 0.6 is 11.6 Å². The molecule has 1 unspecified atom stereocenters. The van der Waals surface area contributed by atoms with Crippen LogP contribution < -0.4 is 5.32 Å². The third kappa shape index (κ3) is 5.30. The van der Waals surface area contributed by atoms with Gasteiger partial charge in [0.1, 0.15) is 17.6 Å². The lowest BCUT2D eigenvalue weighted by Gasteiger charge is -2.13. The number of aromatic nitrogens is 2. The highest BCUT2D eigenvalue weighted by atomic mass is 35.5. The molecule has 0 amide bonds. The van der Waals surface area contributed by atoms with E-state index in [1.54, 1.807) is 13.2 Å². The Morgan fingerprint density at radius 3 is 2.88 bits per heavy atom. The Bertz CT molecular complexity index is 349. The molecule has 0 aliphatic rings. The average Bonchev–Trinajstić information content (AvgIpc) is 2.26. The molecule has 0 aliphatic heterocycles. The Morgan fingerprint density at radius 1 is 1.47 bits per heavy atom. The van der Waals surface area contributed by atoms with E-state index in [9.17, 15) is 0 Å². The Balaban J connectivity index is 2.57. The van der Waals surface area contributed by atoms with Crippen molar-refractivity contribution in [2.24, 2.45) is 0 Å². The topological polar surface area (TPSA) is 56.3 Å². The first-order valence-corrected chi connectivity index (χ1v) is 5.91. The van der Waals surface area contributed by atoms with Crippen LogP contribution in [0.1, 0.15) is 19.7 Å². The fourth-order valence-electron chi connectivity index (χ4n) is 1.34. The molecule has 17 heavy (non-hydrogen) atoms. The van der Waals surface area contributed by atoms with Crippen molar-refractivity contribution < 1.29 is 9.47 Å². The molecule has 1 heterocycles. The number of rotatable bonds is 7. The number of hydrogen-bond donors (Lipinski definition) is 1. The predicted molar refractivity (Wildman–Crippen MR) is 67.3 cm³/mol. The first-order chi connectivity index (χ1) is 8.15. The second kappa shape index (κ2) is 7.42. The molecule has 0 bridgehead atoms. The van der Waals surface area contributed by atoms with Gasteiger partial charge in [0.05, 0.1) is 6.10 Å². The van der Waals surface area contributed by atoms with Gasteiger partial charge < -0.3 is 14.8 Å². The van der Waals surface area contributed by atoms with Crippen LogP contribution in [0, 0.1) is 0 Å². The second-order valence-corrected chi connectivity index (χ2v) is 3.96. The summed E-state index contributed by atoms with van der Waals surface area (Å²) in [5.41, 5.74) is 0.